The van der Waals surface area contributed by atoms with Crippen LogP contribution in [0.1, 0.15) is 11.3 Å². The molecule has 0 atom stereocenters. The van der Waals surface area contributed by atoms with E-state index < -0.39 is 0 Å². The topological polar surface area (TPSA) is 30.9 Å². The lowest BCUT2D eigenvalue weighted by molar-refractivity contribution is 0.740. The number of nitrogens with two attached hydrogens (primary N) is 1. The third-order valence-corrected chi connectivity index (χ3v) is 3.54. The number of aromatic nitrogens is 1. The van der Waals surface area contributed by atoms with E-state index >= 15 is 0 Å². The molecule has 0 bridgehead atoms. The molecule has 0 saturated carbocycles. The Labute approximate surface area is 113 Å². The molecule has 1 heterocycles. The molecule has 0 aliphatic carbocycles. The van der Waals surface area contributed by atoms with Crippen LogP contribution < -0.4 is 5.73 Å². The third-order valence-electron chi connectivity index (χ3n) is 3.54. The summed E-state index contributed by atoms with van der Waals surface area (Å²) in [5.74, 6) is 0. The number of hydrogen-bond donors (Lipinski definition) is 1. The Morgan fingerprint density at radius 3 is 2.63 bits per heavy atom. The van der Waals surface area contributed by atoms with Gasteiger partial charge in [0.2, 0.25) is 0 Å². The molecule has 3 aromatic rings. The van der Waals surface area contributed by atoms with Crippen molar-refractivity contribution in [1.29, 1.82) is 0 Å². The minimum absolute atomic E-state index is 0.694. The second kappa shape index (κ2) is 5.29. The second-order valence-corrected chi connectivity index (χ2v) is 4.80. The van der Waals surface area contributed by atoms with E-state index in [0.717, 1.165) is 13.0 Å². The highest BCUT2D eigenvalue weighted by Gasteiger charge is 2.04. The Morgan fingerprint density at radius 2 is 1.74 bits per heavy atom. The first kappa shape index (κ1) is 12.0. The summed E-state index contributed by atoms with van der Waals surface area (Å²) < 4.78 is 2.29. The fraction of sp³-hybridized carbons (Fsp3) is 0.176. The van der Waals surface area contributed by atoms with Gasteiger partial charge in [-0.3, -0.25) is 0 Å². The van der Waals surface area contributed by atoms with E-state index in [1.807, 2.05) is 0 Å². The van der Waals surface area contributed by atoms with Gasteiger partial charge in [0.05, 0.1) is 0 Å². The summed E-state index contributed by atoms with van der Waals surface area (Å²) in [5, 5.41) is 2.63. The van der Waals surface area contributed by atoms with Gasteiger partial charge in [-0.05, 0) is 41.4 Å². The van der Waals surface area contributed by atoms with Crippen LogP contribution in [0, 0.1) is 0 Å². The van der Waals surface area contributed by atoms with E-state index in [1.165, 1.54) is 22.0 Å². The molecule has 2 nitrogen and oxygen atoms in total. The fourth-order valence-electron chi connectivity index (χ4n) is 2.59. The van der Waals surface area contributed by atoms with Crippen LogP contribution in [0.4, 0.5) is 0 Å². The summed E-state index contributed by atoms with van der Waals surface area (Å²) in [6.07, 6.45) is 3.06. The number of hydrogen-bond acceptors (Lipinski definition) is 1. The van der Waals surface area contributed by atoms with Crippen LogP contribution >= 0.6 is 0 Å². The molecule has 0 amide bonds. The van der Waals surface area contributed by atoms with Crippen LogP contribution in [-0.4, -0.2) is 11.1 Å². The van der Waals surface area contributed by atoms with Crippen molar-refractivity contribution in [2.24, 2.45) is 5.73 Å². The molecule has 0 spiro atoms. The lowest BCUT2D eigenvalue weighted by Gasteiger charge is -2.11. The highest BCUT2D eigenvalue weighted by Crippen LogP contribution is 2.20. The molecule has 2 aromatic carbocycles. The molecule has 0 fully saturated rings. The Balaban J connectivity index is 1.99. The Hall–Kier alpha value is -2.06. The van der Waals surface area contributed by atoms with E-state index in [9.17, 15) is 0 Å². The first-order chi connectivity index (χ1) is 9.38. The quantitative estimate of drug-likeness (QED) is 0.757. The van der Waals surface area contributed by atoms with Crippen molar-refractivity contribution < 1.29 is 0 Å². The maximum atomic E-state index is 5.66. The molecule has 96 valence electrons. The zero-order valence-corrected chi connectivity index (χ0v) is 10.9. The minimum atomic E-state index is 0.694. The maximum absolute atomic E-state index is 5.66. The predicted molar refractivity (Wildman–Crippen MR) is 80.2 cm³/mol. The van der Waals surface area contributed by atoms with Crippen molar-refractivity contribution in [1.82, 2.24) is 4.57 Å². The Kier molecular flexibility index (Phi) is 3.34. The van der Waals surface area contributed by atoms with E-state index in [0.29, 0.717) is 6.54 Å². The summed E-state index contributed by atoms with van der Waals surface area (Å²) in [6.45, 7) is 1.60. The largest absolute Gasteiger partial charge is 0.347 e. The smallest absolute Gasteiger partial charge is 0.0479 e. The highest BCUT2D eigenvalue weighted by molar-refractivity contribution is 5.85. The zero-order chi connectivity index (χ0) is 13.1. The molecule has 3 rings (SSSR count). The molecule has 1 aromatic heterocycles. The second-order valence-electron chi connectivity index (χ2n) is 4.80. The predicted octanol–water partition coefficient (Wildman–Crippen LogP) is 3.19. The SMILES string of the molecule is NCCc1cccn1Cc1cccc2ccccc12. The first-order valence-corrected chi connectivity index (χ1v) is 6.69. The zero-order valence-electron chi connectivity index (χ0n) is 10.9. The van der Waals surface area contributed by atoms with Crippen LogP contribution in [0.5, 0.6) is 0 Å². The number of nitrogens with zero attached hydrogens (tertiary/aromatic N) is 1. The van der Waals surface area contributed by atoms with Gasteiger partial charge in [0, 0.05) is 18.4 Å². The molecule has 2 heteroatoms. The average molecular weight is 250 g/mol. The number of rotatable bonds is 4. The average Bonchev–Trinajstić information content (AvgIpc) is 2.87. The maximum Gasteiger partial charge on any atom is 0.0479 e. The van der Waals surface area contributed by atoms with Gasteiger partial charge in [-0.25, -0.2) is 0 Å². The third kappa shape index (κ3) is 2.40. The van der Waals surface area contributed by atoms with Crippen molar-refractivity contribution in [3.8, 4) is 0 Å². The van der Waals surface area contributed by atoms with Crippen LogP contribution in [0.2, 0.25) is 0 Å². The monoisotopic (exact) mass is 250 g/mol. The van der Waals surface area contributed by atoms with E-state index in [4.69, 9.17) is 5.73 Å². The van der Waals surface area contributed by atoms with E-state index in [-0.39, 0.29) is 0 Å². The molecule has 0 radical (unpaired) electrons. The molecule has 0 saturated heterocycles. The van der Waals surface area contributed by atoms with Crippen molar-refractivity contribution >= 4 is 10.8 Å². The van der Waals surface area contributed by atoms with Gasteiger partial charge in [0.25, 0.3) is 0 Å². The van der Waals surface area contributed by atoms with E-state index in [1.54, 1.807) is 0 Å². The number of fused-ring (bicyclic) bond motifs is 1. The molecule has 0 aliphatic rings. The van der Waals surface area contributed by atoms with Gasteiger partial charge in [-0.2, -0.15) is 0 Å². The summed E-state index contributed by atoms with van der Waals surface area (Å²) >= 11 is 0. The van der Waals surface area contributed by atoms with Gasteiger partial charge in [0.15, 0.2) is 0 Å². The highest BCUT2D eigenvalue weighted by atomic mass is 15.0. The lowest BCUT2D eigenvalue weighted by atomic mass is 10.0. The van der Waals surface area contributed by atoms with Crippen molar-refractivity contribution in [2.45, 2.75) is 13.0 Å². The normalized spacial score (nSPS) is 11.0. The van der Waals surface area contributed by atoms with Gasteiger partial charge < -0.3 is 10.3 Å². The van der Waals surface area contributed by atoms with Gasteiger partial charge in [-0.1, -0.05) is 42.5 Å². The lowest BCUT2D eigenvalue weighted by Crippen LogP contribution is -2.09. The minimum Gasteiger partial charge on any atom is -0.347 e. The van der Waals surface area contributed by atoms with Crippen LogP contribution in [0.15, 0.2) is 60.8 Å². The van der Waals surface area contributed by atoms with Crippen LogP contribution in [-0.2, 0) is 13.0 Å². The Morgan fingerprint density at radius 1 is 0.895 bits per heavy atom. The summed E-state index contributed by atoms with van der Waals surface area (Å²) in [4.78, 5) is 0. The molecule has 2 N–H and O–H groups in total. The van der Waals surface area contributed by atoms with Crippen LogP contribution in [0.25, 0.3) is 10.8 Å². The van der Waals surface area contributed by atoms with E-state index in [2.05, 4.69) is 65.4 Å². The summed E-state index contributed by atoms with van der Waals surface area (Å²) in [7, 11) is 0. The molecule has 0 aliphatic heterocycles. The first-order valence-electron chi connectivity index (χ1n) is 6.69. The number of benzene rings is 2. The molecular formula is C17H18N2. The Bertz CT molecular complexity index is 677. The van der Waals surface area contributed by atoms with Gasteiger partial charge >= 0.3 is 0 Å². The van der Waals surface area contributed by atoms with Gasteiger partial charge in [0.1, 0.15) is 0 Å². The molecule has 19 heavy (non-hydrogen) atoms. The fourth-order valence-corrected chi connectivity index (χ4v) is 2.59. The van der Waals surface area contributed by atoms with Crippen molar-refractivity contribution in [3.63, 3.8) is 0 Å². The van der Waals surface area contributed by atoms with Crippen LogP contribution in [0.3, 0.4) is 0 Å². The summed E-state index contributed by atoms with van der Waals surface area (Å²) in [5.41, 5.74) is 8.31. The summed E-state index contributed by atoms with van der Waals surface area (Å²) in [6, 6.07) is 19.3. The standard InChI is InChI=1S/C17H18N2/c18-11-10-16-8-4-12-19(16)13-15-7-3-6-14-5-1-2-9-17(14)15/h1-9,12H,10-11,13,18H2. The molecule has 0 unspecified atom stereocenters. The molecular weight excluding hydrogens is 232 g/mol. The van der Waals surface area contributed by atoms with Crippen molar-refractivity contribution in [2.75, 3.05) is 6.54 Å². The van der Waals surface area contributed by atoms with Gasteiger partial charge in [-0.15, -0.1) is 0 Å². The van der Waals surface area contributed by atoms with Crippen molar-refractivity contribution in [3.05, 3.63) is 72.1 Å².